The molecule has 0 spiro atoms. The predicted molar refractivity (Wildman–Crippen MR) is 80.5 cm³/mol. The van der Waals surface area contributed by atoms with Crippen molar-refractivity contribution < 1.29 is 29.4 Å². The molecule has 3 N–H and O–H groups in total. The molecule has 9 heteroatoms. The Balaban J connectivity index is 1.50. The Hall–Kier alpha value is -2.07. The lowest BCUT2D eigenvalue weighted by atomic mass is 10.1. The summed E-state index contributed by atoms with van der Waals surface area (Å²) in [6.07, 6.45) is -2.08. The summed E-state index contributed by atoms with van der Waals surface area (Å²) in [5, 5.41) is 32.3. The zero-order valence-corrected chi connectivity index (χ0v) is 12.7. The molecule has 2 saturated heterocycles. The zero-order chi connectivity index (χ0) is 17.3. The number of hydrogen-bond donors (Lipinski definition) is 3. The number of non-ortho nitro benzene ring substituents is 1. The van der Waals surface area contributed by atoms with E-state index in [9.17, 15) is 20.0 Å². The third-order valence-corrected chi connectivity index (χ3v) is 4.29. The molecule has 3 rings (SSSR count). The highest BCUT2D eigenvalue weighted by molar-refractivity contribution is 5.94. The number of benzene rings is 1. The lowest BCUT2D eigenvalue weighted by Crippen LogP contribution is -2.37. The van der Waals surface area contributed by atoms with E-state index in [1.165, 1.54) is 24.3 Å². The van der Waals surface area contributed by atoms with Crippen molar-refractivity contribution in [2.45, 2.75) is 36.9 Å². The van der Waals surface area contributed by atoms with Crippen LogP contribution in [0.3, 0.4) is 0 Å². The van der Waals surface area contributed by atoms with Gasteiger partial charge in [0, 0.05) is 30.7 Å². The van der Waals surface area contributed by atoms with Gasteiger partial charge in [-0.15, -0.1) is 0 Å². The molecule has 1 aromatic rings. The third kappa shape index (κ3) is 3.24. The molecule has 0 aliphatic carbocycles. The minimum Gasteiger partial charge on any atom is -0.394 e. The van der Waals surface area contributed by atoms with Gasteiger partial charge in [-0.25, -0.2) is 0 Å². The van der Waals surface area contributed by atoms with Crippen LogP contribution in [-0.2, 0) is 9.47 Å². The Morgan fingerprint density at radius 3 is 2.62 bits per heavy atom. The van der Waals surface area contributed by atoms with Crippen LogP contribution >= 0.6 is 0 Å². The summed E-state index contributed by atoms with van der Waals surface area (Å²) in [4.78, 5) is 22.1. The standard InChI is InChI=1S/C15H18N2O7/c18-7-12-13(19)14-11(24-12)5-10(23-14)6-16-15(20)8-1-3-9(4-2-8)17(21)22/h1-4,10-14,18-19H,5-7H2,(H,16,20)/t10-,11+,12-,13-,14-/m1/s1. The first-order valence-corrected chi connectivity index (χ1v) is 7.62. The van der Waals surface area contributed by atoms with Gasteiger partial charge in [0.1, 0.15) is 18.3 Å². The number of aliphatic hydroxyl groups is 2. The summed E-state index contributed by atoms with van der Waals surface area (Å²) < 4.78 is 11.2. The Morgan fingerprint density at radius 1 is 1.33 bits per heavy atom. The summed E-state index contributed by atoms with van der Waals surface area (Å²) >= 11 is 0. The summed E-state index contributed by atoms with van der Waals surface area (Å²) in [6.45, 7) is -0.0260. The second-order valence-corrected chi connectivity index (χ2v) is 5.86. The highest BCUT2D eigenvalue weighted by Crippen LogP contribution is 2.34. The zero-order valence-electron chi connectivity index (χ0n) is 12.7. The molecule has 0 bridgehead atoms. The van der Waals surface area contributed by atoms with Crippen LogP contribution in [0.25, 0.3) is 0 Å². The van der Waals surface area contributed by atoms with Gasteiger partial charge in [-0.2, -0.15) is 0 Å². The van der Waals surface area contributed by atoms with Crippen LogP contribution in [0.2, 0.25) is 0 Å². The molecule has 0 saturated carbocycles. The van der Waals surface area contributed by atoms with Gasteiger partial charge in [0.25, 0.3) is 11.6 Å². The topological polar surface area (TPSA) is 131 Å². The molecule has 1 amide bonds. The van der Waals surface area contributed by atoms with E-state index in [-0.39, 0.29) is 37.0 Å². The maximum Gasteiger partial charge on any atom is 0.269 e. The van der Waals surface area contributed by atoms with Crippen LogP contribution in [0.4, 0.5) is 5.69 Å². The molecule has 2 fully saturated rings. The SMILES string of the molecule is O=C(NC[C@H]1C[C@@H]2O[C@H](CO)[C@@H](O)[C@@H]2O1)c1ccc([N+](=O)[O-])cc1. The van der Waals surface area contributed by atoms with Crippen molar-refractivity contribution in [3.05, 3.63) is 39.9 Å². The van der Waals surface area contributed by atoms with Crippen molar-refractivity contribution in [2.24, 2.45) is 0 Å². The summed E-state index contributed by atoms with van der Waals surface area (Å²) in [6, 6.07) is 5.31. The molecule has 0 radical (unpaired) electrons. The molecule has 24 heavy (non-hydrogen) atoms. The van der Waals surface area contributed by atoms with E-state index >= 15 is 0 Å². The average molecular weight is 338 g/mol. The van der Waals surface area contributed by atoms with Gasteiger partial charge < -0.3 is 25.0 Å². The van der Waals surface area contributed by atoms with E-state index in [1.807, 2.05) is 0 Å². The lowest BCUT2D eigenvalue weighted by molar-refractivity contribution is -0.384. The Morgan fingerprint density at radius 2 is 2.04 bits per heavy atom. The summed E-state index contributed by atoms with van der Waals surface area (Å²) in [5.41, 5.74) is 0.235. The first-order chi connectivity index (χ1) is 11.5. The average Bonchev–Trinajstić information content (AvgIpc) is 3.11. The highest BCUT2D eigenvalue weighted by atomic mass is 16.6. The number of carbonyl (C=O) groups is 1. The van der Waals surface area contributed by atoms with Crippen LogP contribution in [0.1, 0.15) is 16.8 Å². The maximum atomic E-state index is 12.0. The summed E-state index contributed by atoms with van der Waals surface area (Å²) in [7, 11) is 0. The van der Waals surface area contributed by atoms with Crippen molar-refractivity contribution in [1.82, 2.24) is 5.32 Å². The molecule has 2 heterocycles. The predicted octanol–water partition coefficient (Wildman–Crippen LogP) is -0.397. The monoisotopic (exact) mass is 338 g/mol. The molecule has 1 aromatic carbocycles. The molecule has 9 nitrogen and oxygen atoms in total. The molecular formula is C15H18N2O7. The van der Waals surface area contributed by atoms with Crippen LogP contribution in [0.5, 0.6) is 0 Å². The van der Waals surface area contributed by atoms with Crippen molar-refractivity contribution in [3.8, 4) is 0 Å². The molecule has 5 atom stereocenters. The van der Waals surface area contributed by atoms with Gasteiger partial charge in [0.15, 0.2) is 0 Å². The van der Waals surface area contributed by atoms with Gasteiger partial charge >= 0.3 is 0 Å². The molecule has 2 aliphatic rings. The van der Waals surface area contributed by atoms with Crippen LogP contribution < -0.4 is 5.32 Å². The molecule has 2 aliphatic heterocycles. The lowest BCUT2D eigenvalue weighted by Gasteiger charge is -2.18. The smallest absolute Gasteiger partial charge is 0.269 e. The first-order valence-electron chi connectivity index (χ1n) is 7.62. The normalized spacial score (nSPS) is 31.7. The fourth-order valence-electron chi connectivity index (χ4n) is 3.03. The van der Waals surface area contributed by atoms with E-state index in [2.05, 4.69) is 5.32 Å². The number of ether oxygens (including phenoxy) is 2. The van der Waals surface area contributed by atoms with Gasteiger partial charge in [-0.1, -0.05) is 0 Å². The third-order valence-electron chi connectivity index (χ3n) is 4.29. The van der Waals surface area contributed by atoms with Crippen molar-refractivity contribution in [1.29, 1.82) is 0 Å². The van der Waals surface area contributed by atoms with E-state index < -0.39 is 23.2 Å². The Kier molecular flexibility index (Phi) is 4.76. The van der Waals surface area contributed by atoms with E-state index in [4.69, 9.17) is 14.6 Å². The molecular weight excluding hydrogens is 320 g/mol. The Bertz CT molecular complexity index is 621. The number of nitro groups is 1. The summed E-state index contributed by atoms with van der Waals surface area (Å²) in [5.74, 6) is -0.361. The second kappa shape index (κ2) is 6.81. The fourth-order valence-corrected chi connectivity index (χ4v) is 3.03. The van der Waals surface area contributed by atoms with Gasteiger partial charge in [-0.3, -0.25) is 14.9 Å². The van der Waals surface area contributed by atoms with Crippen LogP contribution in [-0.4, -0.2) is 64.7 Å². The number of carbonyl (C=O) groups excluding carboxylic acids is 1. The Labute approximate surface area is 137 Å². The van der Waals surface area contributed by atoms with Crippen molar-refractivity contribution in [2.75, 3.05) is 13.2 Å². The number of nitrogens with zero attached hydrogens (tertiary/aromatic N) is 1. The highest BCUT2D eigenvalue weighted by Gasteiger charge is 2.50. The minimum absolute atomic E-state index is 0.0805. The van der Waals surface area contributed by atoms with Crippen molar-refractivity contribution >= 4 is 11.6 Å². The number of fused-ring (bicyclic) bond motifs is 1. The number of nitro benzene ring substituents is 1. The largest absolute Gasteiger partial charge is 0.394 e. The van der Waals surface area contributed by atoms with Gasteiger partial charge in [-0.05, 0) is 12.1 Å². The second-order valence-electron chi connectivity index (χ2n) is 5.86. The van der Waals surface area contributed by atoms with E-state index in [0.29, 0.717) is 12.0 Å². The number of hydrogen-bond acceptors (Lipinski definition) is 7. The molecule has 0 unspecified atom stereocenters. The number of nitrogens with one attached hydrogen (secondary N) is 1. The van der Waals surface area contributed by atoms with E-state index in [0.717, 1.165) is 0 Å². The maximum absolute atomic E-state index is 12.0. The molecule has 0 aromatic heterocycles. The minimum atomic E-state index is -0.879. The quantitative estimate of drug-likeness (QED) is 0.492. The van der Waals surface area contributed by atoms with Crippen molar-refractivity contribution in [3.63, 3.8) is 0 Å². The first kappa shape index (κ1) is 16.8. The number of amides is 1. The number of aliphatic hydroxyl groups excluding tert-OH is 2. The van der Waals surface area contributed by atoms with E-state index in [1.54, 1.807) is 0 Å². The number of rotatable bonds is 5. The fraction of sp³-hybridized carbons (Fsp3) is 0.533. The van der Waals surface area contributed by atoms with Crippen LogP contribution in [0, 0.1) is 10.1 Å². The van der Waals surface area contributed by atoms with Crippen LogP contribution in [0.15, 0.2) is 24.3 Å². The van der Waals surface area contributed by atoms with Gasteiger partial charge in [0.05, 0.1) is 23.7 Å². The van der Waals surface area contributed by atoms with Gasteiger partial charge in [0.2, 0.25) is 0 Å². The molecule has 130 valence electrons.